The Bertz CT molecular complexity index is 240. The van der Waals surface area contributed by atoms with Crippen LogP contribution in [0.5, 0.6) is 0 Å². The van der Waals surface area contributed by atoms with Crippen LogP contribution in [0, 0.1) is 0 Å². The first-order chi connectivity index (χ1) is 9.40. The minimum Gasteiger partial charge on any atom is -0.389 e. The summed E-state index contributed by atoms with van der Waals surface area (Å²) in [5.74, 6) is 0. The normalized spacial score (nSPS) is 19.5. The van der Waals surface area contributed by atoms with Crippen LogP contribution in [0.25, 0.3) is 0 Å². The fourth-order valence-corrected chi connectivity index (χ4v) is 2.89. The minimum absolute atomic E-state index is 0.532. The van der Waals surface area contributed by atoms with Gasteiger partial charge in [0, 0.05) is 39.3 Å². The highest BCUT2D eigenvalue weighted by molar-refractivity contribution is 4.85. The standard InChI is InChI=1S/C16H34N2O2/c1-5-15(19,6-2)13-17-9-11-18(12-10-17)14-16(20,7-3)8-4/h19-20H,5-14H2,1-4H3. The predicted octanol–water partition coefficient (Wildman–Crippen LogP) is 1.71. The third-order valence-corrected chi connectivity index (χ3v) is 5.13. The van der Waals surface area contributed by atoms with Gasteiger partial charge in [-0.15, -0.1) is 0 Å². The van der Waals surface area contributed by atoms with Crippen molar-refractivity contribution in [2.75, 3.05) is 39.3 Å². The maximum Gasteiger partial charge on any atom is 0.0768 e. The summed E-state index contributed by atoms with van der Waals surface area (Å²) < 4.78 is 0. The van der Waals surface area contributed by atoms with E-state index in [0.29, 0.717) is 0 Å². The molecule has 2 N–H and O–H groups in total. The summed E-state index contributed by atoms with van der Waals surface area (Å²) in [6.07, 6.45) is 3.26. The molecule has 4 heteroatoms. The van der Waals surface area contributed by atoms with Crippen molar-refractivity contribution in [3.63, 3.8) is 0 Å². The lowest BCUT2D eigenvalue weighted by molar-refractivity contribution is -0.0370. The molecule has 1 saturated heterocycles. The lowest BCUT2D eigenvalue weighted by Crippen LogP contribution is -2.54. The van der Waals surface area contributed by atoms with Gasteiger partial charge in [0.25, 0.3) is 0 Å². The smallest absolute Gasteiger partial charge is 0.0768 e. The molecule has 0 radical (unpaired) electrons. The molecule has 20 heavy (non-hydrogen) atoms. The number of aliphatic hydroxyl groups is 2. The lowest BCUT2D eigenvalue weighted by Gasteiger charge is -2.41. The number of nitrogens with zero attached hydrogens (tertiary/aromatic N) is 2. The molecule has 0 aromatic heterocycles. The molecule has 4 nitrogen and oxygen atoms in total. The summed E-state index contributed by atoms with van der Waals surface area (Å²) in [5.41, 5.74) is -1.06. The van der Waals surface area contributed by atoms with Gasteiger partial charge >= 0.3 is 0 Å². The average Bonchev–Trinajstić information content (AvgIpc) is 2.49. The van der Waals surface area contributed by atoms with Crippen LogP contribution >= 0.6 is 0 Å². The maximum atomic E-state index is 10.4. The predicted molar refractivity (Wildman–Crippen MR) is 83.9 cm³/mol. The average molecular weight is 286 g/mol. The highest BCUT2D eigenvalue weighted by Crippen LogP contribution is 2.20. The second kappa shape index (κ2) is 7.74. The summed E-state index contributed by atoms with van der Waals surface area (Å²) in [5, 5.41) is 20.8. The molecule has 0 unspecified atom stereocenters. The molecular weight excluding hydrogens is 252 g/mol. The zero-order valence-electron chi connectivity index (χ0n) is 13.9. The van der Waals surface area contributed by atoms with Crippen molar-refractivity contribution < 1.29 is 10.2 Å². The van der Waals surface area contributed by atoms with Crippen molar-refractivity contribution in [2.24, 2.45) is 0 Å². The number of hydrogen-bond donors (Lipinski definition) is 2. The van der Waals surface area contributed by atoms with E-state index in [-0.39, 0.29) is 0 Å². The zero-order valence-corrected chi connectivity index (χ0v) is 13.9. The highest BCUT2D eigenvalue weighted by atomic mass is 16.3. The minimum atomic E-state index is -0.532. The second-order valence-corrected chi connectivity index (χ2v) is 6.42. The molecule has 0 aliphatic carbocycles. The van der Waals surface area contributed by atoms with Crippen LogP contribution in [-0.2, 0) is 0 Å². The largest absolute Gasteiger partial charge is 0.389 e. The molecule has 0 saturated carbocycles. The van der Waals surface area contributed by atoms with Crippen LogP contribution in [-0.4, -0.2) is 70.5 Å². The quantitative estimate of drug-likeness (QED) is 0.713. The Labute approximate surface area is 124 Å². The molecule has 120 valence electrons. The van der Waals surface area contributed by atoms with Crippen molar-refractivity contribution in [1.82, 2.24) is 9.80 Å². The molecular formula is C16H34N2O2. The maximum absolute atomic E-state index is 10.4. The van der Waals surface area contributed by atoms with Gasteiger partial charge in [-0.25, -0.2) is 0 Å². The van der Waals surface area contributed by atoms with Gasteiger partial charge in [0.2, 0.25) is 0 Å². The van der Waals surface area contributed by atoms with Crippen molar-refractivity contribution in [3.8, 4) is 0 Å². The second-order valence-electron chi connectivity index (χ2n) is 6.42. The molecule has 0 atom stereocenters. The molecule has 1 aliphatic heterocycles. The van der Waals surface area contributed by atoms with Gasteiger partial charge in [0.1, 0.15) is 0 Å². The van der Waals surface area contributed by atoms with E-state index in [1.807, 2.05) is 0 Å². The van der Waals surface area contributed by atoms with Crippen LogP contribution in [0.3, 0.4) is 0 Å². The fourth-order valence-electron chi connectivity index (χ4n) is 2.89. The molecule has 0 amide bonds. The van der Waals surface area contributed by atoms with Crippen LogP contribution in [0.15, 0.2) is 0 Å². The molecule has 0 spiro atoms. The van der Waals surface area contributed by atoms with Gasteiger partial charge in [-0.05, 0) is 25.7 Å². The summed E-state index contributed by atoms with van der Waals surface area (Å²) >= 11 is 0. The molecule has 0 aromatic rings. The van der Waals surface area contributed by atoms with Crippen LogP contribution in [0.4, 0.5) is 0 Å². The number of piperazine rings is 1. The molecule has 1 aliphatic rings. The Morgan fingerprint density at radius 2 is 0.900 bits per heavy atom. The Kier molecular flexibility index (Phi) is 6.92. The van der Waals surface area contributed by atoms with Crippen molar-refractivity contribution in [1.29, 1.82) is 0 Å². The van der Waals surface area contributed by atoms with Gasteiger partial charge in [0.05, 0.1) is 11.2 Å². The van der Waals surface area contributed by atoms with E-state index in [1.165, 1.54) is 0 Å². The van der Waals surface area contributed by atoms with E-state index in [1.54, 1.807) is 0 Å². The summed E-state index contributed by atoms with van der Waals surface area (Å²) in [7, 11) is 0. The molecule has 1 heterocycles. The van der Waals surface area contributed by atoms with E-state index in [4.69, 9.17) is 0 Å². The van der Waals surface area contributed by atoms with Crippen LogP contribution in [0.1, 0.15) is 53.4 Å². The number of β-amino-alcohol motifs (C(OH)–C–C–N with tert-alkyl or cyclic N) is 2. The summed E-state index contributed by atoms with van der Waals surface area (Å²) in [6, 6.07) is 0. The topological polar surface area (TPSA) is 46.9 Å². The van der Waals surface area contributed by atoms with Crippen molar-refractivity contribution >= 4 is 0 Å². The Morgan fingerprint density at radius 1 is 0.650 bits per heavy atom. The van der Waals surface area contributed by atoms with Gasteiger partial charge in [-0.2, -0.15) is 0 Å². The Balaban J connectivity index is 2.40. The van der Waals surface area contributed by atoms with Gasteiger partial charge in [0.15, 0.2) is 0 Å². The SMILES string of the molecule is CCC(O)(CC)CN1CCN(CC(O)(CC)CC)CC1. The van der Waals surface area contributed by atoms with Crippen LogP contribution < -0.4 is 0 Å². The van der Waals surface area contributed by atoms with E-state index < -0.39 is 11.2 Å². The van der Waals surface area contributed by atoms with Crippen LogP contribution in [0.2, 0.25) is 0 Å². The third kappa shape index (κ3) is 4.99. The first-order valence-corrected chi connectivity index (χ1v) is 8.29. The first kappa shape index (κ1) is 17.9. The molecule has 1 fully saturated rings. The third-order valence-electron chi connectivity index (χ3n) is 5.13. The fraction of sp³-hybridized carbons (Fsp3) is 1.00. The molecule has 0 aromatic carbocycles. The molecule has 0 bridgehead atoms. The van der Waals surface area contributed by atoms with E-state index in [0.717, 1.165) is 65.0 Å². The number of rotatable bonds is 8. The summed E-state index contributed by atoms with van der Waals surface area (Å²) in [6.45, 7) is 13.8. The van der Waals surface area contributed by atoms with E-state index in [2.05, 4.69) is 37.5 Å². The Morgan fingerprint density at radius 3 is 1.10 bits per heavy atom. The molecule has 1 rings (SSSR count). The van der Waals surface area contributed by atoms with Crippen molar-refractivity contribution in [2.45, 2.75) is 64.6 Å². The van der Waals surface area contributed by atoms with Gasteiger partial charge < -0.3 is 10.2 Å². The van der Waals surface area contributed by atoms with Gasteiger partial charge in [-0.3, -0.25) is 9.80 Å². The zero-order chi connectivity index (χ0) is 15.2. The van der Waals surface area contributed by atoms with Gasteiger partial charge in [-0.1, -0.05) is 27.7 Å². The first-order valence-electron chi connectivity index (χ1n) is 8.29. The lowest BCUT2D eigenvalue weighted by atomic mass is 9.95. The van der Waals surface area contributed by atoms with E-state index >= 15 is 0 Å². The summed E-state index contributed by atoms with van der Waals surface area (Å²) in [4.78, 5) is 4.72. The van der Waals surface area contributed by atoms with E-state index in [9.17, 15) is 10.2 Å². The highest BCUT2D eigenvalue weighted by Gasteiger charge is 2.30. The monoisotopic (exact) mass is 286 g/mol. The number of hydrogen-bond acceptors (Lipinski definition) is 4. The van der Waals surface area contributed by atoms with Crippen molar-refractivity contribution in [3.05, 3.63) is 0 Å². The Hall–Kier alpha value is -0.160.